The highest BCUT2D eigenvalue weighted by Gasteiger charge is 2.35. The molecule has 1 amide bonds. The number of carbonyl (C=O) groups excluding carboxylic acids is 1. The average Bonchev–Trinajstić information content (AvgIpc) is 2.27. The molecule has 0 aromatic rings. The van der Waals surface area contributed by atoms with Crippen LogP contribution in [0.1, 0.15) is 58.3 Å². The van der Waals surface area contributed by atoms with Crippen LogP contribution in [0.5, 0.6) is 0 Å². The molecule has 2 saturated carbocycles. The molecule has 0 spiro atoms. The standard InChI is InChI=1S/C14H24BrNO/c1-11-5-7-14(10-15,8-6-11)16-13(17)9-12-3-2-4-12/h11-12H,2-10H2,1H3,(H,16,17). The summed E-state index contributed by atoms with van der Waals surface area (Å²) in [4.78, 5) is 12.0. The molecule has 3 heteroatoms. The van der Waals surface area contributed by atoms with Crippen LogP contribution >= 0.6 is 15.9 Å². The molecule has 2 aliphatic carbocycles. The number of halogens is 1. The van der Waals surface area contributed by atoms with Gasteiger partial charge >= 0.3 is 0 Å². The molecule has 2 nitrogen and oxygen atoms in total. The van der Waals surface area contributed by atoms with Gasteiger partial charge < -0.3 is 5.32 Å². The number of hydrogen-bond acceptors (Lipinski definition) is 1. The molecule has 0 unspecified atom stereocenters. The lowest BCUT2D eigenvalue weighted by Crippen LogP contribution is -2.52. The normalized spacial score (nSPS) is 34.1. The molecular formula is C14H24BrNO. The van der Waals surface area contributed by atoms with Crippen molar-refractivity contribution < 1.29 is 4.79 Å². The maximum Gasteiger partial charge on any atom is 0.220 e. The first kappa shape index (κ1) is 13.4. The van der Waals surface area contributed by atoms with E-state index in [-0.39, 0.29) is 11.4 Å². The number of carbonyl (C=O) groups is 1. The van der Waals surface area contributed by atoms with Crippen LogP contribution in [0, 0.1) is 11.8 Å². The van der Waals surface area contributed by atoms with Gasteiger partial charge in [0.1, 0.15) is 0 Å². The van der Waals surface area contributed by atoms with Gasteiger partial charge in [-0.1, -0.05) is 29.3 Å². The molecule has 2 rings (SSSR count). The summed E-state index contributed by atoms with van der Waals surface area (Å²) in [5.41, 5.74) is 0.0489. The summed E-state index contributed by atoms with van der Waals surface area (Å²) in [6, 6.07) is 0. The first-order valence-electron chi connectivity index (χ1n) is 7.00. The summed E-state index contributed by atoms with van der Waals surface area (Å²) in [6.07, 6.45) is 9.34. The number of alkyl halides is 1. The molecule has 98 valence electrons. The molecule has 0 saturated heterocycles. The van der Waals surface area contributed by atoms with Crippen molar-refractivity contribution in [1.29, 1.82) is 0 Å². The zero-order chi connectivity index (χ0) is 12.3. The summed E-state index contributed by atoms with van der Waals surface area (Å²) >= 11 is 3.60. The second-order valence-electron chi connectivity index (χ2n) is 6.15. The maximum absolute atomic E-state index is 12.0. The third-order valence-corrected chi connectivity index (χ3v) is 5.66. The SMILES string of the molecule is CC1CCC(CBr)(NC(=O)CC2CCC2)CC1. The van der Waals surface area contributed by atoms with Crippen LogP contribution in [-0.2, 0) is 4.79 Å². The topological polar surface area (TPSA) is 29.1 Å². The monoisotopic (exact) mass is 301 g/mol. The first-order valence-corrected chi connectivity index (χ1v) is 8.13. The van der Waals surface area contributed by atoms with Gasteiger partial charge in [-0.05, 0) is 50.4 Å². The highest BCUT2D eigenvalue weighted by Crippen LogP contribution is 2.34. The Labute approximate surface area is 113 Å². The summed E-state index contributed by atoms with van der Waals surface area (Å²) in [6.45, 7) is 2.31. The van der Waals surface area contributed by atoms with Crippen molar-refractivity contribution in [3.05, 3.63) is 0 Å². The minimum absolute atomic E-state index is 0.0489. The molecule has 0 atom stereocenters. The fraction of sp³-hybridized carbons (Fsp3) is 0.929. The zero-order valence-corrected chi connectivity index (χ0v) is 12.4. The lowest BCUT2D eigenvalue weighted by Gasteiger charge is -2.39. The van der Waals surface area contributed by atoms with Crippen LogP contribution in [0.25, 0.3) is 0 Å². The Balaban J connectivity index is 1.83. The van der Waals surface area contributed by atoms with E-state index in [4.69, 9.17) is 0 Å². The van der Waals surface area contributed by atoms with Crippen LogP contribution in [0.3, 0.4) is 0 Å². The number of nitrogens with one attached hydrogen (secondary N) is 1. The molecule has 2 fully saturated rings. The van der Waals surface area contributed by atoms with E-state index in [1.165, 1.54) is 32.1 Å². The van der Waals surface area contributed by atoms with E-state index in [1.807, 2.05) is 0 Å². The fourth-order valence-electron chi connectivity index (χ4n) is 2.91. The van der Waals surface area contributed by atoms with Gasteiger partial charge in [0.15, 0.2) is 0 Å². The van der Waals surface area contributed by atoms with E-state index in [1.54, 1.807) is 0 Å². The second-order valence-corrected chi connectivity index (χ2v) is 6.71. The predicted molar refractivity (Wildman–Crippen MR) is 74.3 cm³/mol. The number of amides is 1. The molecule has 0 aliphatic heterocycles. The Kier molecular flexibility index (Phi) is 4.51. The van der Waals surface area contributed by atoms with Crippen molar-refractivity contribution in [1.82, 2.24) is 5.32 Å². The minimum Gasteiger partial charge on any atom is -0.350 e. The van der Waals surface area contributed by atoms with Crippen LogP contribution in [0.4, 0.5) is 0 Å². The third-order valence-electron chi connectivity index (χ3n) is 4.59. The average molecular weight is 302 g/mol. The van der Waals surface area contributed by atoms with E-state index >= 15 is 0 Å². The van der Waals surface area contributed by atoms with Gasteiger partial charge in [-0.25, -0.2) is 0 Å². The van der Waals surface area contributed by atoms with Crippen LogP contribution in [0.15, 0.2) is 0 Å². The van der Waals surface area contributed by atoms with Crippen LogP contribution in [0.2, 0.25) is 0 Å². The fourth-order valence-corrected chi connectivity index (χ4v) is 3.61. The second kappa shape index (κ2) is 5.73. The Morgan fingerprint density at radius 1 is 1.29 bits per heavy atom. The maximum atomic E-state index is 12.0. The molecular weight excluding hydrogens is 278 g/mol. The quantitative estimate of drug-likeness (QED) is 0.789. The van der Waals surface area contributed by atoms with Crippen LogP contribution < -0.4 is 5.32 Å². The number of hydrogen-bond donors (Lipinski definition) is 1. The molecule has 0 aromatic heterocycles. The van der Waals surface area contributed by atoms with Crippen molar-refractivity contribution in [2.24, 2.45) is 11.8 Å². The first-order chi connectivity index (χ1) is 8.13. The van der Waals surface area contributed by atoms with E-state index < -0.39 is 0 Å². The van der Waals surface area contributed by atoms with Crippen molar-refractivity contribution in [2.45, 2.75) is 63.8 Å². The predicted octanol–water partition coefficient (Wildman–Crippen LogP) is 3.64. The summed E-state index contributed by atoms with van der Waals surface area (Å²) in [5.74, 6) is 1.78. The summed E-state index contributed by atoms with van der Waals surface area (Å²) in [5, 5.41) is 4.22. The van der Waals surface area contributed by atoms with E-state index in [2.05, 4.69) is 28.2 Å². The minimum atomic E-state index is 0.0489. The van der Waals surface area contributed by atoms with Crippen LogP contribution in [-0.4, -0.2) is 16.8 Å². The van der Waals surface area contributed by atoms with E-state index in [9.17, 15) is 4.79 Å². The molecule has 1 N–H and O–H groups in total. The Bertz CT molecular complexity index is 267. The highest BCUT2D eigenvalue weighted by atomic mass is 79.9. The summed E-state index contributed by atoms with van der Waals surface area (Å²) < 4.78 is 0. The number of rotatable bonds is 4. The van der Waals surface area contributed by atoms with Gasteiger partial charge in [-0.2, -0.15) is 0 Å². The van der Waals surface area contributed by atoms with E-state index in [0.29, 0.717) is 5.92 Å². The summed E-state index contributed by atoms with van der Waals surface area (Å²) in [7, 11) is 0. The smallest absolute Gasteiger partial charge is 0.220 e. The van der Waals surface area contributed by atoms with Crippen molar-refractivity contribution in [2.75, 3.05) is 5.33 Å². The van der Waals surface area contributed by atoms with Crippen molar-refractivity contribution in [3.63, 3.8) is 0 Å². The molecule has 0 bridgehead atoms. The van der Waals surface area contributed by atoms with Gasteiger partial charge in [0, 0.05) is 17.3 Å². The highest BCUT2D eigenvalue weighted by molar-refractivity contribution is 9.09. The Morgan fingerprint density at radius 3 is 2.41 bits per heavy atom. The van der Waals surface area contributed by atoms with E-state index in [0.717, 1.165) is 30.5 Å². The lowest BCUT2D eigenvalue weighted by atomic mass is 9.77. The molecule has 17 heavy (non-hydrogen) atoms. The Morgan fingerprint density at radius 2 is 1.94 bits per heavy atom. The molecule has 0 aromatic carbocycles. The largest absolute Gasteiger partial charge is 0.350 e. The third kappa shape index (κ3) is 3.46. The van der Waals surface area contributed by atoms with Gasteiger partial charge in [0.2, 0.25) is 5.91 Å². The molecule has 0 heterocycles. The van der Waals surface area contributed by atoms with Crippen molar-refractivity contribution >= 4 is 21.8 Å². The lowest BCUT2D eigenvalue weighted by molar-refractivity contribution is -0.124. The Hall–Kier alpha value is -0.0500. The molecule has 2 aliphatic rings. The van der Waals surface area contributed by atoms with Gasteiger partial charge in [0.25, 0.3) is 0 Å². The zero-order valence-electron chi connectivity index (χ0n) is 10.8. The van der Waals surface area contributed by atoms with Gasteiger partial charge in [0.05, 0.1) is 0 Å². The van der Waals surface area contributed by atoms with Gasteiger partial charge in [-0.3, -0.25) is 4.79 Å². The molecule has 0 radical (unpaired) electrons. The van der Waals surface area contributed by atoms with Crippen molar-refractivity contribution in [3.8, 4) is 0 Å². The van der Waals surface area contributed by atoms with Gasteiger partial charge in [-0.15, -0.1) is 0 Å².